The van der Waals surface area contributed by atoms with Gasteiger partial charge in [-0.05, 0) is 25.0 Å². The van der Waals surface area contributed by atoms with E-state index in [2.05, 4.69) is 27.1 Å². The van der Waals surface area contributed by atoms with Crippen LogP contribution in [0.3, 0.4) is 0 Å². The standard InChI is InChI=1S/C19H24N6O2S/c1-2-9-21-17(26)14-28-19-23-22-16(25(19)15-7-6-10-20-12-15)13-24-11-5-3-4-8-18(24)27/h2,6-7,10,12H,1,3-5,8-9,11,13-14H2,(H,21,26). The largest absolute Gasteiger partial charge is 0.352 e. The van der Waals surface area contributed by atoms with Crippen LogP contribution in [0.1, 0.15) is 31.5 Å². The van der Waals surface area contributed by atoms with E-state index in [-0.39, 0.29) is 17.6 Å². The van der Waals surface area contributed by atoms with Crippen LogP contribution in [-0.4, -0.2) is 55.3 Å². The van der Waals surface area contributed by atoms with Crippen LogP contribution in [-0.2, 0) is 16.1 Å². The van der Waals surface area contributed by atoms with Crippen LogP contribution < -0.4 is 5.32 Å². The average Bonchev–Trinajstić information content (AvgIpc) is 3.01. The average molecular weight is 401 g/mol. The van der Waals surface area contributed by atoms with Gasteiger partial charge in [-0.2, -0.15) is 0 Å². The van der Waals surface area contributed by atoms with Gasteiger partial charge in [0.25, 0.3) is 0 Å². The molecule has 0 bridgehead atoms. The van der Waals surface area contributed by atoms with Gasteiger partial charge < -0.3 is 10.2 Å². The zero-order valence-corrected chi connectivity index (χ0v) is 16.5. The summed E-state index contributed by atoms with van der Waals surface area (Å²) in [4.78, 5) is 30.3. The highest BCUT2D eigenvalue weighted by Crippen LogP contribution is 2.23. The van der Waals surface area contributed by atoms with Gasteiger partial charge in [0.15, 0.2) is 11.0 Å². The molecule has 0 atom stereocenters. The van der Waals surface area contributed by atoms with Crippen molar-refractivity contribution in [3.05, 3.63) is 43.0 Å². The number of aromatic nitrogens is 4. The Morgan fingerprint density at radius 1 is 1.32 bits per heavy atom. The molecule has 2 aromatic rings. The third kappa shape index (κ3) is 5.19. The highest BCUT2D eigenvalue weighted by atomic mass is 32.2. The second kappa shape index (κ2) is 10.0. The molecule has 2 amide bonds. The number of nitrogens with one attached hydrogen (secondary N) is 1. The molecule has 1 aliphatic rings. The van der Waals surface area contributed by atoms with E-state index in [0.29, 0.717) is 30.5 Å². The minimum Gasteiger partial charge on any atom is -0.352 e. The maximum atomic E-state index is 12.4. The molecule has 28 heavy (non-hydrogen) atoms. The van der Waals surface area contributed by atoms with Gasteiger partial charge in [-0.15, -0.1) is 16.8 Å². The van der Waals surface area contributed by atoms with Crippen molar-refractivity contribution in [1.29, 1.82) is 0 Å². The van der Waals surface area contributed by atoms with Crippen molar-refractivity contribution in [2.45, 2.75) is 37.4 Å². The summed E-state index contributed by atoms with van der Waals surface area (Å²) in [5.41, 5.74) is 0.804. The number of likely N-dealkylation sites (tertiary alicyclic amines) is 1. The fraction of sp³-hybridized carbons (Fsp3) is 0.421. The Bertz CT molecular complexity index is 823. The summed E-state index contributed by atoms with van der Waals surface area (Å²) >= 11 is 1.30. The smallest absolute Gasteiger partial charge is 0.230 e. The van der Waals surface area contributed by atoms with Gasteiger partial charge in [0.1, 0.15) is 0 Å². The van der Waals surface area contributed by atoms with Gasteiger partial charge in [0, 0.05) is 25.7 Å². The Hall–Kier alpha value is -2.68. The molecule has 0 saturated carbocycles. The quantitative estimate of drug-likeness (QED) is 0.538. The van der Waals surface area contributed by atoms with E-state index in [9.17, 15) is 9.59 Å². The molecule has 2 aromatic heterocycles. The Balaban J connectivity index is 1.81. The third-order valence-electron chi connectivity index (χ3n) is 4.38. The van der Waals surface area contributed by atoms with Crippen molar-refractivity contribution in [1.82, 2.24) is 30.0 Å². The molecular formula is C19H24N6O2S. The SMILES string of the molecule is C=CCNC(=O)CSc1nnc(CN2CCCCCC2=O)n1-c1cccnc1. The van der Waals surface area contributed by atoms with Gasteiger partial charge in [0.2, 0.25) is 11.8 Å². The van der Waals surface area contributed by atoms with Gasteiger partial charge >= 0.3 is 0 Å². The number of pyridine rings is 1. The first kappa shape index (κ1) is 20.1. The number of amides is 2. The van der Waals surface area contributed by atoms with Crippen LogP contribution in [0.5, 0.6) is 0 Å². The Morgan fingerprint density at radius 3 is 3.00 bits per heavy atom. The lowest BCUT2D eigenvalue weighted by Gasteiger charge is -2.20. The first-order chi connectivity index (χ1) is 13.7. The summed E-state index contributed by atoms with van der Waals surface area (Å²) in [6.45, 7) is 5.14. The second-order valence-electron chi connectivity index (χ2n) is 6.45. The lowest BCUT2D eigenvalue weighted by atomic mass is 10.2. The number of hydrogen-bond donors (Lipinski definition) is 1. The summed E-state index contributed by atoms with van der Waals surface area (Å²) in [5.74, 6) is 0.929. The molecule has 1 saturated heterocycles. The number of carbonyl (C=O) groups excluding carboxylic acids is 2. The van der Waals surface area contributed by atoms with Crippen LogP contribution in [0.2, 0.25) is 0 Å². The summed E-state index contributed by atoms with van der Waals surface area (Å²) in [6.07, 6.45) is 8.63. The third-order valence-corrected chi connectivity index (χ3v) is 5.31. The fourth-order valence-electron chi connectivity index (χ4n) is 2.99. The van der Waals surface area contributed by atoms with E-state index in [4.69, 9.17) is 0 Å². The van der Waals surface area contributed by atoms with Crippen LogP contribution in [0.15, 0.2) is 42.3 Å². The van der Waals surface area contributed by atoms with Crippen LogP contribution in [0, 0.1) is 0 Å². The molecule has 1 N–H and O–H groups in total. The topological polar surface area (TPSA) is 93.0 Å². The molecule has 0 unspecified atom stereocenters. The van der Waals surface area contributed by atoms with Crippen LogP contribution in [0.4, 0.5) is 0 Å². The first-order valence-electron chi connectivity index (χ1n) is 9.32. The van der Waals surface area contributed by atoms with E-state index in [1.807, 2.05) is 21.6 Å². The molecule has 3 rings (SSSR count). The van der Waals surface area contributed by atoms with Crippen LogP contribution >= 0.6 is 11.8 Å². The molecule has 0 aromatic carbocycles. The minimum atomic E-state index is -0.102. The molecule has 0 spiro atoms. The summed E-state index contributed by atoms with van der Waals surface area (Å²) in [7, 11) is 0. The maximum absolute atomic E-state index is 12.4. The number of rotatable bonds is 8. The van der Waals surface area contributed by atoms with Gasteiger partial charge in [0.05, 0.1) is 24.2 Å². The van der Waals surface area contributed by atoms with Crippen molar-refractivity contribution in [3.8, 4) is 5.69 Å². The van der Waals surface area contributed by atoms with E-state index >= 15 is 0 Å². The Morgan fingerprint density at radius 2 is 2.21 bits per heavy atom. The lowest BCUT2D eigenvalue weighted by molar-refractivity contribution is -0.131. The lowest BCUT2D eigenvalue weighted by Crippen LogP contribution is -2.31. The molecule has 0 aliphatic carbocycles. The predicted molar refractivity (Wildman–Crippen MR) is 107 cm³/mol. The second-order valence-corrected chi connectivity index (χ2v) is 7.40. The molecule has 1 aliphatic heterocycles. The van der Waals surface area contributed by atoms with E-state index in [1.54, 1.807) is 18.5 Å². The highest BCUT2D eigenvalue weighted by Gasteiger charge is 2.22. The van der Waals surface area contributed by atoms with Gasteiger partial charge in [-0.25, -0.2) is 0 Å². The highest BCUT2D eigenvalue weighted by molar-refractivity contribution is 7.99. The van der Waals surface area contributed by atoms with Crippen molar-refractivity contribution < 1.29 is 9.59 Å². The normalized spacial score (nSPS) is 14.6. The van der Waals surface area contributed by atoms with Crippen molar-refractivity contribution in [2.24, 2.45) is 0 Å². The molecule has 8 nitrogen and oxygen atoms in total. The van der Waals surface area contributed by atoms with E-state index in [1.165, 1.54) is 11.8 Å². The molecule has 1 fully saturated rings. The summed E-state index contributed by atoms with van der Waals surface area (Å²) in [6, 6.07) is 3.74. The Kier molecular flexibility index (Phi) is 7.18. The molecule has 0 radical (unpaired) electrons. The zero-order chi connectivity index (χ0) is 19.8. The molecular weight excluding hydrogens is 376 g/mol. The summed E-state index contributed by atoms with van der Waals surface area (Å²) in [5, 5.41) is 11.9. The number of nitrogens with zero attached hydrogens (tertiary/aromatic N) is 5. The van der Waals surface area contributed by atoms with Gasteiger partial charge in [-0.1, -0.05) is 24.3 Å². The zero-order valence-electron chi connectivity index (χ0n) is 15.7. The first-order valence-corrected chi connectivity index (χ1v) is 10.3. The predicted octanol–water partition coefficient (Wildman–Crippen LogP) is 1.96. The molecule has 3 heterocycles. The molecule has 9 heteroatoms. The minimum absolute atomic E-state index is 0.102. The van der Waals surface area contributed by atoms with E-state index in [0.717, 1.165) is 31.5 Å². The van der Waals surface area contributed by atoms with Crippen molar-refractivity contribution in [3.63, 3.8) is 0 Å². The van der Waals surface area contributed by atoms with Crippen molar-refractivity contribution in [2.75, 3.05) is 18.8 Å². The Labute approximate surface area is 168 Å². The monoisotopic (exact) mass is 400 g/mol. The van der Waals surface area contributed by atoms with Crippen molar-refractivity contribution >= 4 is 23.6 Å². The number of thioether (sulfide) groups is 1. The van der Waals surface area contributed by atoms with Gasteiger partial charge in [-0.3, -0.25) is 19.1 Å². The fourth-order valence-corrected chi connectivity index (χ4v) is 3.79. The number of hydrogen-bond acceptors (Lipinski definition) is 6. The molecule has 148 valence electrons. The van der Waals surface area contributed by atoms with E-state index < -0.39 is 0 Å². The number of carbonyl (C=O) groups is 2. The van der Waals surface area contributed by atoms with Crippen LogP contribution in [0.25, 0.3) is 5.69 Å². The summed E-state index contributed by atoms with van der Waals surface area (Å²) < 4.78 is 1.87. The maximum Gasteiger partial charge on any atom is 0.230 e.